The van der Waals surface area contributed by atoms with E-state index in [2.05, 4.69) is 4.98 Å². The van der Waals surface area contributed by atoms with Crippen LogP contribution in [0.5, 0.6) is 0 Å². The highest BCUT2D eigenvalue weighted by molar-refractivity contribution is 7.89. The zero-order chi connectivity index (χ0) is 24.4. The van der Waals surface area contributed by atoms with Crippen LogP contribution in [0.15, 0.2) is 41.6 Å². The van der Waals surface area contributed by atoms with Gasteiger partial charge < -0.3 is 14.4 Å². The number of piperazine rings is 1. The molecule has 1 saturated heterocycles. The lowest BCUT2D eigenvalue weighted by molar-refractivity contribution is -0.141. The molecule has 0 radical (unpaired) electrons. The van der Waals surface area contributed by atoms with Gasteiger partial charge in [-0.2, -0.15) is 17.5 Å². The van der Waals surface area contributed by atoms with E-state index in [-0.39, 0.29) is 41.8 Å². The fourth-order valence-electron chi connectivity index (χ4n) is 3.50. The lowest BCUT2D eigenvalue weighted by Gasteiger charge is -2.33. The Labute approximate surface area is 189 Å². The first kappa shape index (κ1) is 24.7. The summed E-state index contributed by atoms with van der Waals surface area (Å²) < 4.78 is 66.0. The molecular weight excluding hydrogens is 463 g/mol. The Kier molecular flexibility index (Phi) is 7.12. The van der Waals surface area contributed by atoms with E-state index < -0.39 is 28.7 Å². The molecule has 2 amide bonds. The number of amides is 2. The van der Waals surface area contributed by atoms with E-state index in [1.807, 2.05) is 0 Å². The standard InChI is InChI=1S/C20H24F3N5O4S/c1-15(29)26-9-11-28(12-10-26)33(31,32)17-5-3-16(4-6-17)19(30)25(2)13-18-24-7-8-27(18)14-20(21,22)23/h3-8H,9-14H2,1-2H3. The van der Waals surface area contributed by atoms with Gasteiger partial charge in [0.25, 0.3) is 5.91 Å². The highest BCUT2D eigenvalue weighted by Crippen LogP contribution is 2.21. The van der Waals surface area contributed by atoms with Crippen molar-refractivity contribution < 1.29 is 31.2 Å². The summed E-state index contributed by atoms with van der Waals surface area (Å²) >= 11 is 0. The molecular formula is C20H24F3N5O4S. The molecule has 0 saturated carbocycles. The molecule has 0 unspecified atom stereocenters. The maximum Gasteiger partial charge on any atom is 0.406 e. The Morgan fingerprint density at radius 2 is 1.70 bits per heavy atom. The molecule has 0 aliphatic carbocycles. The largest absolute Gasteiger partial charge is 0.406 e. The second-order valence-corrected chi connectivity index (χ2v) is 9.62. The van der Waals surface area contributed by atoms with E-state index in [1.54, 1.807) is 4.90 Å². The van der Waals surface area contributed by atoms with E-state index in [0.29, 0.717) is 13.1 Å². The highest BCUT2D eigenvalue weighted by Gasteiger charge is 2.30. The molecule has 1 fully saturated rings. The van der Waals surface area contributed by atoms with Crippen molar-refractivity contribution in [2.24, 2.45) is 0 Å². The number of hydrogen-bond donors (Lipinski definition) is 0. The fraction of sp³-hybridized carbons (Fsp3) is 0.450. The van der Waals surface area contributed by atoms with Gasteiger partial charge in [-0.05, 0) is 24.3 Å². The predicted molar refractivity (Wildman–Crippen MR) is 112 cm³/mol. The van der Waals surface area contributed by atoms with Gasteiger partial charge in [0.1, 0.15) is 12.4 Å². The van der Waals surface area contributed by atoms with E-state index in [1.165, 1.54) is 59.8 Å². The molecule has 1 aromatic heterocycles. The van der Waals surface area contributed by atoms with Gasteiger partial charge in [0, 0.05) is 58.1 Å². The molecule has 2 heterocycles. The van der Waals surface area contributed by atoms with Crippen LogP contribution in [-0.2, 0) is 27.9 Å². The topological polar surface area (TPSA) is 95.8 Å². The van der Waals surface area contributed by atoms with Gasteiger partial charge in [0.2, 0.25) is 15.9 Å². The van der Waals surface area contributed by atoms with E-state index in [4.69, 9.17) is 0 Å². The minimum Gasteiger partial charge on any atom is -0.340 e. The van der Waals surface area contributed by atoms with E-state index in [9.17, 15) is 31.2 Å². The molecule has 33 heavy (non-hydrogen) atoms. The summed E-state index contributed by atoms with van der Waals surface area (Å²) in [6.07, 6.45) is -2.00. The second-order valence-electron chi connectivity index (χ2n) is 7.68. The van der Waals surface area contributed by atoms with Crippen LogP contribution in [0.4, 0.5) is 13.2 Å². The lowest BCUT2D eigenvalue weighted by atomic mass is 10.2. The number of nitrogens with zero attached hydrogens (tertiary/aromatic N) is 5. The van der Waals surface area contributed by atoms with Crippen molar-refractivity contribution in [2.75, 3.05) is 33.2 Å². The van der Waals surface area contributed by atoms with Gasteiger partial charge in [-0.25, -0.2) is 13.4 Å². The molecule has 0 N–H and O–H groups in total. The molecule has 1 aliphatic rings. The van der Waals surface area contributed by atoms with E-state index in [0.717, 1.165) is 4.57 Å². The Morgan fingerprint density at radius 3 is 2.24 bits per heavy atom. The number of benzene rings is 1. The van der Waals surface area contributed by atoms with Crippen molar-refractivity contribution in [3.8, 4) is 0 Å². The summed E-state index contributed by atoms with van der Waals surface area (Å²) in [6.45, 7) is 1.03. The van der Waals surface area contributed by atoms with E-state index >= 15 is 0 Å². The number of halogens is 3. The third-order valence-corrected chi connectivity index (χ3v) is 7.21. The van der Waals surface area contributed by atoms with Crippen molar-refractivity contribution in [3.05, 3.63) is 48.0 Å². The van der Waals surface area contributed by atoms with Crippen LogP contribution in [-0.4, -0.2) is 83.3 Å². The van der Waals surface area contributed by atoms with Gasteiger partial charge in [-0.3, -0.25) is 9.59 Å². The SMILES string of the molecule is CC(=O)N1CCN(S(=O)(=O)c2ccc(C(=O)N(C)Cc3nccn3CC(F)(F)F)cc2)CC1. The van der Waals surface area contributed by atoms with Crippen molar-refractivity contribution in [3.63, 3.8) is 0 Å². The minimum atomic E-state index is -4.42. The second kappa shape index (κ2) is 9.51. The summed E-state index contributed by atoms with van der Waals surface area (Å²) in [4.78, 5) is 30.8. The molecule has 2 aromatic rings. The Bertz CT molecular complexity index is 1110. The fourth-order valence-corrected chi connectivity index (χ4v) is 4.92. The number of alkyl halides is 3. The molecule has 1 aliphatic heterocycles. The third kappa shape index (κ3) is 5.90. The normalized spacial score (nSPS) is 15.5. The van der Waals surface area contributed by atoms with Gasteiger partial charge in [0.15, 0.2) is 0 Å². The summed E-state index contributed by atoms with van der Waals surface area (Å²) in [7, 11) is -2.36. The molecule has 1 aromatic carbocycles. The van der Waals surface area contributed by atoms with Gasteiger partial charge in [-0.15, -0.1) is 0 Å². The summed E-state index contributed by atoms with van der Waals surface area (Å²) in [5.74, 6) is -0.525. The summed E-state index contributed by atoms with van der Waals surface area (Å²) in [6, 6.07) is 5.36. The first-order chi connectivity index (χ1) is 15.4. The smallest absolute Gasteiger partial charge is 0.340 e. The van der Waals surface area contributed by atoms with Crippen molar-refractivity contribution >= 4 is 21.8 Å². The number of hydrogen-bond acceptors (Lipinski definition) is 5. The lowest BCUT2D eigenvalue weighted by Crippen LogP contribution is -2.49. The van der Waals surface area contributed by atoms with Crippen molar-refractivity contribution in [2.45, 2.75) is 31.1 Å². The van der Waals surface area contributed by atoms with Crippen molar-refractivity contribution in [1.29, 1.82) is 0 Å². The molecule has 0 spiro atoms. The number of aromatic nitrogens is 2. The zero-order valence-electron chi connectivity index (χ0n) is 18.1. The maximum atomic E-state index is 12.9. The summed E-state index contributed by atoms with van der Waals surface area (Å²) in [5.41, 5.74) is 0.187. The van der Waals surface area contributed by atoms with Crippen LogP contribution in [0, 0.1) is 0 Å². The van der Waals surface area contributed by atoms with Gasteiger partial charge in [0.05, 0.1) is 11.4 Å². The van der Waals surface area contributed by atoms with Gasteiger partial charge in [-0.1, -0.05) is 0 Å². The number of rotatable bonds is 6. The monoisotopic (exact) mass is 487 g/mol. The van der Waals surface area contributed by atoms with Crippen LogP contribution in [0.2, 0.25) is 0 Å². The number of carbonyl (C=O) groups excluding carboxylic acids is 2. The molecule has 13 heteroatoms. The quantitative estimate of drug-likeness (QED) is 0.617. The Balaban J connectivity index is 1.67. The van der Waals surface area contributed by atoms with Crippen LogP contribution < -0.4 is 0 Å². The molecule has 180 valence electrons. The highest BCUT2D eigenvalue weighted by atomic mass is 32.2. The van der Waals surface area contributed by atoms with Crippen LogP contribution in [0.25, 0.3) is 0 Å². The van der Waals surface area contributed by atoms with Crippen LogP contribution >= 0.6 is 0 Å². The molecule has 0 bridgehead atoms. The predicted octanol–water partition coefficient (Wildman–Crippen LogP) is 1.57. The number of imidazole rings is 1. The average molecular weight is 488 g/mol. The molecule has 9 nitrogen and oxygen atoms in total. The van der Waals surface area contributed by atoms with Crippen LogP contribution in [0.3, 0.4) is 0 Å². The number of carbonyl (C=O) groups is 2. The minimum absolute atomic E-state index is 0.0127. The van der Waals surface area contributed by atoms with Gasteiger partial charge >= 0.3 is 6.18 Å². The number of sulfonamides is 1. The molecule has 3 rings (SSSR count). The third-order valence-electron chi connectivity index (χ3n) is 5.30. The zero-order valence-corrected chi connectivity index (χ0v) is 18.9. The maximum absolute atomic E-state index is 12.9. The average Bonchev–Trinajstić information content (AvgIpc) is 3.18. The summed E-state index contributed by atoms with van der Waals surface area (Å²) in [5, 5.41) is 0. The molecule has 0 atom stereocenters. The Hall–Kier alpha value is -2.93. The van der Waals surface area contributed by atoms with Crippen LogP contribution in [0.1, 0.15) is 23.1 Å². The Morgan fingerprint density at radius 1 is 1.09 bits per heavy atom. The first-order valence-corrected chi connectivity index (χ1v) is 11.5. The first-order valence-electron chi connectivity index (χ1n) is 10.1. The van der Waals surface area contributed by atoms with Crippen molar-refractivity contribution in [1.82, 2.24) is 23.7 Å².